The summed E-state index contributed by atoms with van der Waals surface area (Å²) in [6.45, 7) is 3.10. The summed E-state index contributed by atoms with van der Waals surface area (Å²) in [6, 6.07) is 0. The van der Waals surface area contributed by atoms with Crippen molar-refractivity contribution < 1.29 is 14.3 Å². The Hall–Kier alpha value is -1.81. The number of hydrogen-bond donors (Lipinski definition) is 1. The van der Waals surface area contributed by atoms with Gasteiger partial charge in [0.1, 0.15) is 12.1 Å². The SMILES string of the molecule is C=CC(=O)OCCC(=O)N=[N+]=N. The van der Waals surface area contributed by atoms with E-state index in [0.29, 0.717) is 0 Å². The van der Waals surface area contributed by atoms with E-state index in [0.717, 1.165) is 6.08 Å². The van der Waals surface area contributed by atoms with Crippen LogP contribution in [0.4, 0.5) is 0 Å². The molecular formula is C6H8N3O3+. The molecule has 1 N–H and O–H groups in total. The van der Waals surface area contributed by atoms with Gasteiger partial charge in [0.2, 0.25) is 4.91 Å². The first kappa shape index (κ1) is 10.2. The maximum Gasteiger partial charge on any atom is 0.333 e. The van der Waals surface area contributed by atoms with Crippen molar-refractivity contribution in [2.75, 3.05) is 6.61 Å². The molecule has 0 rings (SSSR count). The average molecular weight is 170 g/mol. The zero-order valence-electron chi connectivity index (χ0n) is 6.32. The Labute approximate surface area is 68.4 Å². The molecule has 0 aliphatic rings. The Kier molecular flexibility index (Phi) is 5.04. The molecule has 0 spiro atoms. The third-order valence-corrected chi connectivity index (χ3v) is 0.888. The van der Waals surface area contributed by atoms with Crippen LogP contribution in [0.3, 0.4) is 0 Å². The van der Waals surface area contributed by atoms with Gasteiger partial charge in [-0.15, -0.1) is 0 Å². The van der Waals surface area contributed by atoms with Crippen molar-refractivity contribution in [2.24, 2.45) is 5.11 Å². The second-order valence-corrected chi connectivity index (χ2v) is 1.72. The summed E-state index contributed by atoms with van der Waals surface area (Å²) < 4.78 is 4.47. The Morgan fingerprint density at radius 3 is 2.83 bits per heavy atom. The molecule has 0 aromatic carbocycles. The number of nitrogens with one attached hydrogen (secondary N) is 1. The van der Waals surface area contributed by atoms with E-state index < -0.39 is 11.9 Å². The van der Waals surface area contributed by atoms with E-state index >= 15 is 0 Å². The lowest BCUT2D eigenvalue weighted by molar-refractivity contribution is -0.138. The number of ether oxygens (including phenoxy) is 1. The third kappa shape index (κ3) is 5.01. The topological polar surface area (TPSA) is 93.7 Å². The molecule has 0 radical (unpaired) electrons. The van der Waals surface area contributed by atoms with Crippen molar-refractivity contribution in [3.05, 3.63) is 12.7 Å². The van der Waals surface area contributed by atoms with Gasteiger partial charge in [0.25, 0.3) is 0 Å². The third-order valence-electron chi connectivity index (χ3n) is 0.888. The van der Waals surface area contributed by atoms with Crippen molar-refractivity contribution in [3.63, 3.8) is 0 Å². The highest BCUT2D eigenvalue weighted by Gasteiger charge is 2.05. The van der Waals surface area contributed by atoms with Crippen molar-refractivity contribution in [1.29, 1.82) is 5.53 Å². The summed E-state index contributed by atoms with van der Waals surface area (Å²) in [5.74, 6) is -1.19. The van der Waals surface area contributed by atoms with Gasteiger partial charge in [0, 0.05) is 6.08 Å². The molecule has 0 unspecified atom stereocenters. The van der Waals surface area contributed by atoms with Crippen molar-refractivity contribution in [2.45, 2.75) is 6.42 Å². The molecule has 0 atom stereocenters. The van der Waals surface area contributed by atoms with Crippen LogP contribution in [0.25, 0.3) is 0 Å². The molecule has 0 saturated carbocycles. The molecule has 64 valence electrons. The fourth-order valence-electron chi connectivity index (χ4n) is 0.404. The Bertz CT molecular complexity index is 242. The lowest BCUT2D eigenvalue weighted by Crippen LogP contribution is -2.05. The number of amides is 1. The van der Waals surface area contributed by atoms with Crippen molar-refractivity contribution in [1.82, 2.24) is 4.91 Å². The molecule has 6 nitrogen and oxygen atoms in total. The maximum atomic E-state index is 10.5. The molecule has 0 aliphatic heterocycles. The van der Waals surface area contributed by atoms with Crippen LogP contribution in [-0.2, 0) is 14.3 Å². The van der Waals surface area contributed by atoms with Crippen LogP contribution in [0, 0.1) is 5.53 Å². The summed E-state index contributed by atoms with van der Waals surface area (Å²) in [7, 11) is 0. The molecule has 0 aromatic rings. The number of hydrogen-bond acceptors (Lipinski definition) is 4. The zero-order valence-corrected chi connectivity index (χ0v) is 6.32. The molecule has 12 heavy (non-hydrogen) atoms. The monoisotopic (exact) mass is 170 g/mol. The summed E-state index contributed by atoms with van der Waals surface area (Å²) in [4.78, 5) is 23.4. The van der Waals surface area contributed by atoms with Crippen LogP contribution >= 0.6 is 0 Å². The Morgan fingerprint density at radius 1 is 1.67 bits per heavy atom. The van der Waals surface area contributed by atoms with Crippen molar-refractivity contribution in [3.8, 4) is 0 Å². The molecule has 0 bridgehead atoms. The lowest BCUT2D eigenvalue weighted by atomic mass is 10.4. The minimum Gasteiger partial charge on any atom is -0.462 e. The number of carbonyl (C=O) groups excluding carboxylic acids is 2. The van der Waals surface area contributed by atoms with E-state index in [4.69, 9.17) is 5.53 Å². The van der Waals surface area contributed by atoms with Gasteiger partial charge in [0.15, 0.2) is 5.11 Å². The minimum atomic E-state index is -0.595. The van der Waals surface area contributed by atoms with Crippen molar-refractivity contribution >= 4 is 11.9 Å². The summed E-state index contributed by atoms with van der Waals surface area (Å²) in [5, 5.41) is 2.88. The Morgan fingerprint density at radius 2 is 2.33 bits per heavy atom. The van der Waals surface area contributed by atoms with Crippen LogP contribution < -0.4 is 4.91 Å². The molecule has 0 aliphatic carbocycles. The summed E-state index contributed by atoms with van der Waals surface area (Å²) in [5.41, 5.74) is 6.20. The van der Waals surface area contributed by atoms with Gasteiger partial charge >= 0.3 is 11.9 Å². The van der Waals surface area contributed by atoms with E-state index in [1.54, 1.807) is 0 Å². The predicted octanol–water partition coefficient (Wildman–Crippen LogP) is 0.183. The number of rotatable bonds is 4. The molecule has 0 fully saturated rings. The fraction of sp³-hybridized carbons (Fsp3) is 0.333. The van der Waals surface area contributed by atoms with Gasteiger partial charge in [0.05, 0.1) is 6.42 Å². The first-order valence-electron chi connectivity index (χ1n) is 3.10. The first-order valence-corrected chi connectivity index (χ1v) is 3.10. The number of carbonyl (C=O) groups is 2. The number of esters is 1. The van der Waals surface area contributed by atoms with Gasteiger partial charge < -0.3 is 4.74 Å². The van der Waals surface area contributed by atoms with Gasteiger partial charge in [-0.1, -0.05) is 6.58 Å². The van der Waals surface area contributed by atoms with Gasteiger partial charge in [-0.25, -0.2) is 4.79 Å². The van der Waals surface area contributed by atoms with Crippen LogP contribution in [0.1, 0.15) is 6.42 Å². The number of nitrogens with zero attached hydrogens (tertiary/aromatic N) is 2. The summed E-state index contributed by atoms with van der Waals surface area (Å²) >= 11 is 0. The average Bonchev–Trinajstić information content (AvgIpc) is 2.04. The largest absolute Gasteiger partial charge is 0.462 e. The van der Waals surface area contributed by atoms with E-state index in [9.17, 15) is 9.59 Å². The van der Waals surface area contributed by atoms with Gasteiger partial charge in [-0.2, -0.15) is 0 Å². The highest BCUT2D eigenvalue weighted by Crippen LogP contribution is 1.87. The molecule has 6 heteroatoms. The molecule has 0 heterocycles. The van der Waals surface area contributed by atoms with E-state index in [1.807, 2.05) is 0 Å². The highest BCUT2D eigenvalue weighted by molar-refractivity contribution is 5.81. The lowest BCUT2D eigenvalue weighted by Gasteiger charge is -1.95. The smallest absolute Gasteiger partial charge is 0.333 e. The predicted molar refractivity (Wildman–Crippen MR) is 38.1 cm³/mol. The Balaban J connectivity index is 3.56. The molecule has 1 amide bonds. The molecule has 0 saturated heterocycles. The van der Waals surface area contributed by atoms with Crippen LogP contribution in [-0.4, -0.2) is 18.5 Å². The normalized spacial score (nSPS) is 8.00. The van der Waals surface area contributed by atoms with Gasteiger partial charge in [-0.3, -0.25) is 4.79 Å². The second-order valence-electron chi connectivity index (χ2n) is 1.72. The van der Waals surface area contributed by atoms with E-state index in [2.05, 4.69) is 21.3 Å². The van der Waals surface area contributed by atoms with Gasteiger partial charge in [-0.05, 0) is 0 Å². The zero-order chi connectivity index (χ0) is 9.40. The molecule has 0 aromatic heterocycles. The molecular weight excluding hydrogens is 162 g/mol. The standard InChI is InChI=1S/C6H8N3O3/c1-2-6(11)12-4-3-5(10)8-9-7/h2,7H,1,3-4H2/q+1. The van der Waals surface area contributed by atoms with E-state index in [1.165, 1.54) is 0 Å². The van der Waals surface area contributed by atoms with E-state index in [-0.39, 0.29) is 13.0 Å². The minimum absolute atomic E-state index is 0.0668. The quantitative estimate of drug-likeness (QED) is 0.282. The first-order chi connectivity index (χ1) is 5.70. The van der Waals surface area contributed by atoms with Crippen LogP contribution in [0.2, 0.25) is 0 Å². The second kappa shape index (κ2) is 5.94. The van der Waals surface area contributed by atoms with Crippen LogP contribution in [0.5, 0.6) is 0 Å². The highest BCUT2D eigenvalue weighted by atomic mass is 16.5. The van der Waals surface area contributed by atoms with Crippen LogP contribution in [0.15, 0.2) is 17.8 Å². The maximum absolute atomic E-state index is 10.5. The fourth-order valence-corrected chi connectivity index (χ4v) is 0.404. The summed E-state index contributed by atoms with van der Waals surface area (Å²) in [6.07, 6.45) is 0.929.